The Hall–Kier alpha value is -0.900. The monoisotopic (exact) mass is 234 g/mol. The Balaban J connectivity index is 1.90. The molecule has 1 heterocycles. The zero-order valence-electron chi connectivity index (χ0n) is 10.6. The number of nitrogens with zero attached hydrogens (tertiary/aromatic N) is 1. The van der Waals surface area contributed by atoms with Crippen LogP contribution in [-0.4, -0.2) is 37.2 Å². The summed E-state index contributed by atoms with van der Waals surface area (Å²) in [6, 6.07) is 8.72. The molecule has 0 aliphatic carbocycles. The van der Waals surface area contributed by atoms with E-state index >= 15 is 0 Å². The number of morpholine rings is 1. The third-order valence-electron chi connectivity index (χ3n) is 3.20. The van der Waals surface area contributed by atoms with E-state index in [2.05, 4.69) is 36.1 Å². The quantitative estimate of drug-likeness (QED) is 0.859. The fourth-order valence-corrected chi connectivity index (χ4v) is 2.35. The molecule has 1 aliphatic rings. The molecule has 1 saturated heterocycles. The van der Waals surface area contributed by atoms with Crippen molar-refractivity contribution in [1.29, 1.82) is 0 Å². The molecule has 1 aliphatic heterocycles. The first-order valence-corrected chi connectivity index (χ1v) is 6.37. The average Bonchev–Trinajstić information content (AvgIpc) is 2.30. The number of nitrogens with two attached hydrogens (primary N) is 1. The van der Waals surface area contributed by atoms with Gasteiger partial charge in [0.1, 0.15) is 0 Å². The van der Waals surface area contributed by atoms with Crippen LogP contribution in [0.5, 0.6) is 0 Å². The maximum absolute atomic E-state index is 5.69. The summed E-state index contributed by atoms with van der Waals surface area (Å²) in [6.07, 6.45) is 1.28. The van der Waals surface area contributed by atoms with Gasteiger partial charge in [0.2, 0.25) is 0 Å². The minimum absolute atomic E-state index is 0.318. The molecule has 2 rings (SSSR count). The summed E-state index contributed by atoms with van der Waals surface area (Å²) in [5.41, 5.74) is 8.29. The van der Waals surface area contributed by atoms with Crippen LogP contribution in [0.4, 0.5) is 0 Å². The van der Waals surface area contributed by atoms with E-state index in [0.29, 0.717) is 12.6 Å². The van der Waals surface area contributed by atoms with Gasteiger partial charge in [0.15, 0.2) is 0 Å². The highest BCUT2D eigenvalue weighted by Crippen LogP contribution is 2.13. The third kappa shape index (κ3) is 3.80. The lowest BCUT2D eigenvalue weighted by Gasteiger charge is -2.32. The van der Waals surface area contributed by atoms with Gasteiger partial charge in [-0.2, -0.15) is 0 Å². The van der Waals surface area contributed by atoms with E-state index in [-0.39, 0.29) is 0 Å². The Labute approximate surface area is 104 Å². The maximum Gasteiger partial charge on any atom is 0.0714 e. The van der Waals surface area contributed by atoms with E-state index in [0.717, 1.165) is 32.7 Å². The standard InChI is InChI=1S/C14H22N2O/c1-12-3-2-4-13(9-12)10-16-7-8-17-14(11-16)5-6-15/h2-4,9,14H,5-8,10-11,15H2,1H3. The first-order chi connectivity index (χ1) is 8.28. The second-order valence-electron chi connectivity index (χ2n) is 4.79. The molecule has 0 saturated carbocycles. The van der Waals surface area contributed by atoms with Crippen LogP contribution in [0.3, 0.4) is 0 Å². The maximum atomic E-state index is 5.69. The molecule has 0 spiro atoms. The summed E-state index contributed by atoms with van der Waals surface area (Å²) < 4.78 is 5.69. The van der Waals surface area contributed by atoms with Crippen molar-refractivity contribution in [1.82, 2.24) is 4.90 Å². The highest BCUT2D eigenvalue weighted by molar-refractivity contribution is 5.22. The Kier molecular flexibility index (Phi) is 4.54. The summed E-state index contributed by atoms with van der Waals surface area (Å²) >= 11 is 0. The second kappa shape index (κ2) is 6.15. The fraction of sp³-hybridized carbons (Fsp3) is 0.571. The molecule has 0 aromatic heterocycles. The van der Waals surface area contributed by atoms with Crippen molar-refractivity contribution < 1.29 is 4.74 Å². The lowest BCUT2D eigenvalue weighted by molar-refractivity contribution is -0.0335. The summed E-state index contributed by atoms with van der Waals surface area (Å²) in [6.45, 7) is 6.73. The van der Waals surface area contributed by atoms with E-state index in [9.17, 15) is 0 Å². The molecule has 3 heteroatoms. The molecule has 94 valence electrons. The van der Waals surface area contributed by atoms with E-state index < -0.39 is 0 Å². The molecule has 0 bridgehead atoms. The number of hydrogen-bond acceptors (Lipinski definition) is 3. The van der Waals surface area contributed by atoms with Gasteiger partial charge in [-0.3, -0.25) is 4.90 Å². The largest absolute Gasteiger partial charge is 0.376 e. The van der Waals surface area contributed by atoms with Crippen LogP contribution in [0, 0.1) is 6.92 Å². The molecule has 0 radical (unpaired) electrons. The van der Waals surface area contributed by atoms with Crippen LogP contribution in [0.25, 0.3) is 0 Å². The van der Waals surface area contributed by atoms with Crippen LogP contribution in [-0.2, 0) is 11.3 Å². The predicted octanol–water partition coefficient (Wildman–Crippen LogP) is 1.54. The SMILES string of the molecule is Cc1cccc(CN2CCOC(CCN)C2)c1. The number of rotatable bonds is 4. The van der Waals surface area contributed by atoms with E-state index in [1.54, 1.807) is 0 Å². The van der Waals surface area contributed by atoms with Gasteiger partial charge in [0.05, 0.1) is 12.7 Å². The van der Waals surface area contributed by atoms with Gasteiger partial charge < -0.3 is 10.5 Å². The molecule has 1 aromatic rings. The van der Waals surface area contributed by atoms with Crippen molar-refractivity contribution in [3.05, 3.63) is 35.4 Å². The average molecular weight is 234 g/mol. The van der Waals surface area contributed by atoms with Crippen molar-refractivity contribution in [2.75, 3.05) is 26.2 Å². The zero-order valence-corrected chi connectivity index (χ0v) is 10.6. The summed E-state index contributed by atoms with van der Waals surface area (Å²) in [5, 5.41) is 0. The smallest absolute Gasteiger partial charge is 0.0714 e. The number of aryl methyl sites for hydroxylation is 1. The van der Waals surface area contributed by atoms with Crippen molar-refractivity contribution in [3.8, 4) is 0 Å². The summed E-state index contributed by atoms with van der Waals surface area (Å²) in [4.78, 5) is 2.46. The van der Waals surface area contributed by atoms with Crippen LogP contribution in [0.15, 0.2) is 24.3 Å². The first kappa shape index (κ1) is 12.6. The molecule has 1 fully saturated rings. The minimum Gasteiger partial charge on any atom is -0.376 e. The van der Waals surface area contributed by atoms with Crippen LogP contribution >= 0.6 is 0 Å². The molecular weight excluding hydrogens is 212 g/mol. The normalized spacial score (nSPS) is 21.6. The molecule has 17 heavy (non-hydrogen) atoms. The molecule has 0 amide bonds. The molecular formula is C14H22N2O. The third-order valence-corrected chi connectivity index (χ3v) is 3.20. The molecule has 3 nitrogen and oxygen atoms in total. The highest BCUT2D eigenvalue weighted by atomic mass is 16.5. The summed E-state index contributed by atoms with van der Waals surface area (Å²) in [5.74, 6) is 0. The molecule has 1 aromatic carbocycles. The lowest BCUT2D eigenvalue weighted by Crippen LogP contribution is -2.42. The van der Waals surface area contributed by atoms with Gasteiger partial charge in [0, 0.05) is 19.6 Å². The Morgan fingerprint density at radius 3 is 3.12 bits per heavy atom. The summed E-state index contributed by atoms with van der Waals surface area (Å²) in [7, 11) is 0. The van der Waals surface area contributed by atoms with Crippen molar-refractivity contribution in [2.45, 2.75) is 26.0 Å². The van der Waals surface area contributed by atoms with Gasteiger partial charge in [-0.15, -0.1) is 0 Å². The topological polar surface area (TPSA) is 38.5 Å². The number of benzene rings is 1. The van der Waals surface area contributed by atoms with Crippen LogP contribution in [0.2, 0.25) is 0 Å². The van der Waals surface area contributed by atoms with Gasteiger partial charge in [-0.1, -0.05) is 29.8 Å². The van der Waals surface area contributed by atoms with Gasteiger partial charge in [-0.05, 0) is 25.5 Å². The number of hydrogen-bond donors (Lipinski definition) is 1. The van der Waals surface area contributed by atoms with Gasteiger partial charge >= 0.3 is 0 Å². The Morgan fingerprint density at radius 2 is 2.35 bits per heavy atom. The first-order valence-electron chi connectivity index (χ1n) is 6.37. The van der Waals surface area contributed by atoms with Gasteiger partial charge in [-0.25, -0.2) is 0 Å². The van der Waals surface area contributed by atoms with Gasteiger partial charge in [0.25, 0.3) is 0 Å². The highest BCUT2D eigenvalue weighted by Gasteiger charge is 2.19. The Morgan fingerprint density at radius 1 is 1.47 bits per heavy atom. The Bertz CT molecular complexity index is 352. The van der Waals surface area contributed by atoms with Crippen molar-refractivity contribution in [3.63, 3.8) is 0 Å². The van der Waals surface area contributed by atoms with Crippen LogP contribution in [0.1, 0.15) is 17.5 Å². The zero-order chi connectivity index (χ0) is 12.1. The number of ether oxygens (including phenoxy) is 1. The van der Waals surface area contributed by atoms with Crippen molar-refractivity contribution in [2.24, 2.45) is 5.73 Å². The van der Waals surface area contributed by atoms with E-state index in [1.165, 1.54) is 11.1 Å². The molecule has 1 unspecified atom stereocenters. The van der Waals surface area contributed by atoms with Crippen LogP contribution < -0.4 is 5.73 Å². The lowest BCUT2D eigenvalue weighted by atomic mass is 10.1. The fourth-order valence-electron chi connectivity index (χ4n) is 2.35. The molecule has 1 atom stereocenters. The minimum atomic E-state index is 0.318. The molecule has 2 N–H and O–H groups in total. The van der Waals surface area contributed by atoms with E-state index in [1.807, 2.05) is 0 Å². The van der Waals surface area contributed by atoms with Crippen molar-refractivity contribution >= 4 is 0 Å². The second-order valence-corrected chi connectivity index (χ2v) is 4.79. The van der Waals surface area contributed by atoms with E-state index in [4.69, 9.17) is 10.5 Å². The predicted molar refractivity (Wildman–Crippen MR) is 69.9 cm³/mol.